The smallest absolute Gasteiger partial charge is 0.162 e. The number of fused-ring (bicyclic) bond motifs is 1. The first-order valence-electron chi connectivity index (χ1n) is 6.37. The Bertz CT molecular complexity index is 562. The molecule has 2 heterocycles. The Morgan fingerprint density at radius 2 is 2.39 bits per heavy atom. The first-order chi connectivity index (χ1) is 8.78. The molecular formula is C14H17N3O. The lowest BCUT2D eigenvalue weighted by atomic mass is 9.87. The second kappa shape index (κ2) is 4.53. The van der Waals surface area contributed by atoms with Crippen molar-refractivity contribution < 1.29 is 4.42 Å². The van der Waals surface area contributed by atoms with Crippen LogP contribution in [-0.4, -0.2) is 16.5 Å². The second-order valence-corrected chi connectivity index (χ2v) is 4.90. The molecule has 0 aromatic carbocycles. The van der Waals surface area contributed by atoms with Crippen LogP contribution >= 0.6 is 0 Å². The third-order valence-electron chi connectivity index (χ3n) is 3.69. The van der Waals surface area contributed by atoms with Crippen LogP contribution in [0.5, 0.6) is 0 Å². The molecular weight excluding hydrogens is 226 g/mol. The van der Waals surface area contributed by atoms with Crippen LogP contribution in [0.2, 0.25) is 0 Å². The lowest BCUT2D eigenvalue weighted by Crippen LogP contribution is -2.23. The van der Waals surface area contributed by atoms with E-state index in [1.807, 2.05) is 19.2 Å². The van der Waals surface area contributed by atoms with Gasteiger partial charge < -0.3 is 10.2 Å². The molecule has 0 fully saturated rings. The maximum Gasteiger partial charge on any atom is 0.162 e. The maximum atomic E-state index is 5.73. The molecule has 0 saturated carbocycles. The maximum absolute atomic E-state index is 5.73. The lowest BCUT2D eigenvalue weighted by molar-refractivity contribution is 0.462. The molecule has 1 atom stereocenters. The van der Waals surface area contributed by atoms with Crippen molar-refractivity contribution in [1.82, 2.24) is 9.97 Å². The minimum Gasteiger partial charge on any atom is -0.469 e. The molecule has 2 aromatic rings. The summed E-state index contributed by atoms with van der Waals surface area (Å²) >= 11 is 0. The monoisotopic (exact) mass is 243 g/mol. The van der Waals surface area contributed by atoms with Gasteiger partial charge in [-0.2, -0.15) is 0 Å². The van der Waals surface area contributed by atoms with Gasteiger partial charge in [0, 0.05) is 11.9 Å². The molecule has 0 bridgehead atoms. The molecule has 0 aliphatic heterocycles. The zero-order valence-electron chi connectivity index (χ0n) is 10.5. The molecule has 18 heavy (non-hydrogen) atoms. The fraction of sp³-hybridized carbons (Fsp3) is 0.429. The molecule has 4 nitrogen and oxygen atoms in total. The lowest BCUT2D eigenvalue weighted by Gasteiger charge is -2.22. The minimum absolute atomic E-state index is 0.586. The number of hydrogen-bond donors (Lipinski definition) is 1. The summed E-state index contributed by atoms with van der Waals surface area (Å²) in [6.45, 7) is 2.69. The van der Waals surface area contributed by atoms with Crippen molar-refractivity contribution in [2.24, 2.45) is 11.7 Å². The number of nitrogens with two attached hydrogens (primary N) is 1. The predicted molar refractivity (Wildman–Crippen MR) is 69.0 cm³/mol. The number of aryl methyl sites for hydroxylation is 2. The Morgan fingerprint density at radius 1 is 1.50 bits per heavy atom. The van der Waals surface area contributed by atoms with Crippen LogP contribution in [0.4, 0.5) is 0 Å². The first kappa shape index (κ1) is 11.4. The summed E-state index contributed by atoms with van der Waals surface area (Å²) in [5.41, 5.74) is 9.14. The third-order valence-corrected chi connectivity index (χ3v) is 3.69. The molecule has 2 N–H and O–H groups in total. The van der Waals surface area contributed by atoms with Crippen LogP contribution in [0.15, 0.2) is 22.9 Å². The average molecular weight is 243 g/mol. The molecule has 1 aliphatic rings. The topological polar surface area (TPSA) is 64.9 Å². The average Bonchev–Trinajstić information content (AvgIpc) is 2.84. The second-order valence-electron chi connectivity index (χ2n) is 4.90. The molecule has 0 radical (unpaired) electrons. The Labute approximate surface area is 106 Å². The zero-order valence-corrected chi connectivity index (χ0v) is 10.5. The van der Waals surface area contributed by atoms with Gasteiger partial charge >= 0.3 is 0 Å². The van der Waals surface area contributed by atoms with Gasteiger partial charge in [0.1, 0.15) is 5.76 Å². The molecule has 0 saturated heterocycles. The molecule has 2 aromatic heterocycles. The largest absolute Gasteiger partial charge is 0.469 e. The van der Waals surface area contributed by atoms with E-state index >= 15 is 0 Å². The van der Waals surface area contributed by atoms with E-state index < -0.39 is 0 Å². The van der Waals surface area contributed by atoms with E-state index in [9.17, 15) is 0 Å². The summed E-state index contributed by atoms with van der Waals surface area (Å²) in [7, 11) is 0. The highest BCUT2D eigenvalue weighted by Gasteiger charge is 2.20. The predicted octanol–water partition coefficient (Wildman–Crippen LogP) is 2.11. The fourth-order valence-corrected chi connectivity index (χ4v) is 2.53. The highest BCUT2D eigenvalue weighted by molar-refractivity contribution is 5.57. The highest BCUT2D eigenvalue weighted by Crippen LogP contribution is 2.26. The standard InChI is InChI=1S/C14H17N3O/c1-9-12(4-5-18-9)14-16-8-11-6-10(7-15)2-3-13(11)17-14/h4-5,8,10H,2-3,6-7,15H2,1H3. The van der Waals surface area contributed by atoms with Crippen molar-refractivity contribution >= 4 is 0 Å². The van der Waals surface area contributed by atoms with E-state index in [4.69, 9.17) is 10.2 Å². The van der Waals surface area contributed by atoms with E-state index in [-0.39, 0.29) is 0 Å². The molecule has 4 heteroatoms. The Balaban J connectivity index is 1.95. The molecule has 1 unspecified atom stereocenters. The van der Waals surface area contributed by atoms with Crippen LogP contribution in [-0.2, 0) is 12.8 Å². The van der Waals surface area contributed by atoms with Crippen molar-refractivity contribution in [3.63, 3.8) is 0 Å². The zero-order chi connectivity index (χ0) is 12.5. The minimum atomic E-state index is 0.586. The molecule has 1 aliphatic carbocycles. The van der Waals surface area contributed by atoms with Crippen LogP contribution in [0.1, 0.15) is 23.4 Å². The summed E-state index contributed by atoms with van der Waals surface area (Å²) < 4.78 is 5.30. The summed E-state index contributed by atoms with van der Waals surface area (Å²) in [5.74, 6) is 2.22. The number of nitrogens with zero attached hydrogens (tertiary/aromatic N) is 2. The van der Waals surface area contributed by atoms with Crippen molar-refractivity contribution in [3.8, 4) is 11.4 Å². The van der Waals surface area contributed by atoms with Crippen LogP contribution in [0.25, 0.3) is 11.4 Å². The number of aromatic nitrogens is 2. The molecule has 94 valence electrons. The van der Waals surface area contributed by atoms with Crippen molar-refractivity contribution in [2.45, 2.75) is 26.2 Å². The highest BCUT2D eigenvalue weighted by atomic mass is 16.3. The Morgan fingerprint density at radius 3 is 3.11 bits per heavy atom. The van der Waals surface area contributed by atoms with Crippen molar-refractivity contribution in [2.75, 3.05) is 6.54 Å². The van der Waals surface area contributed by atoms with Crippen LogP contribution < -0.4 is 5.73 Å². The van der Waals surface area contributed by atoms with Gasteiger partial charge in [0.15, 0.2) is 5.82 Å². The summed E-state index contributed by atoms with van der Waals surface area (Å²) in [6.07, 6.45) is 6.77. The van der Waals surface area contributed by atoms with Crippen molar-refractivity contribution in [1.29, 1.82) is 0 Å². The van der Waals surface area contributed by atoms with Crippen molar-refractivity contribution in [3.05, 3.63) is 35.5 Å². The van der Waals surface area contributed by atoms with E-state index in [0.29, 0.717) is 5.92 Å². The van der Waals surface area contributed by atoms with E-state index in [0.717, 1.165) is 43.0 Å². The van der Waals surface area contributed by atoms with Crippen LogP contribution in [0.3, 0.4) is 0 Å². The summed E-state index contributed by atoms with van der Waals surface area (Å²) in [5, 5.41) is 0. The van der Waals surface area contributed by atoms with Crippen LogP contribution in [0, 0.1) is 12.8 Å². The van der Waals surface area contributed by atoms with Gasteiger partial charge in [0.2, 0.25) is 0 Å². The normalized spacial score (nSPS) is 18.7. The SMILES string of the molecule is Cc1occc1-c1ncc2c(n1)CCC(CN)C2. The molecule has 0 amide bonds. The van der Waals surface area contributed by atoms with Gasteiger partial charge in [-0.05, 0) is 50.3 Å². The number of furan rings is 1. The first-order valence-corrected chi connectivity index (χ1v) is 6.37. The summed E-state index contributed by atoms with van der Waals surface area (Å²) in [6, 6.07) is 1.92. The van der Waals surface area contributed by atoms with Gasteiger partial charge in [-0.15, -0.1) is 0 Å². The van der Waals surface area contributed by atoms with E-state index in [2.05, 4.69) is 9.97 Å². The Kier molecular flexibility index (Phi) is 2.88. The van der Waals surface area contributed by atoms with Gasteiger partial charge in [0.05, 0.1) is 11.8 Å². The number of hydrogen-bond acceptors (Lipinski definition) is 4. The summed E-state index contributed by atoms with van der Waals surface area (Å²) in [4.78, 5) is 9.13. The Hall–Kier alpha value is -1.68. The number of rotatable bonds is 2. The quantitative estimate of drug-likeness (QED) is 0.877. The van der Waals surface area contributed by atoms with E-state index in [1.165, 1.54) is 11.3 Å². The molecule has 0 spiro atoms. The fourth-order valence-electron chi connectivity index (χ4n) is 2.53. The third kappa shape index (κ3) is 1.93. The van der Waals surface area contributed by atoms with Gasteiger partial charge in [-0.1, -0.05) is 0 Å². The molecule has 3 rings (SSSR count). The van der Waals surface area contributed by atoms with E-state index in [1.54, 1.807) is 6.26 Å². The van der Waals surface area contributed by atoms with Gasteiger partial charge in [-0.25, -0.2) is 9.97 Å². The van der Waals surface area contributed by atoms with Gasteiger partial charge in [-0.3, -0.25) is 0 Å². The van der Waals surface area contributed by atoms with Gasteiger partial charge in [0.25, 0.3) is 0 Å².